The minimum atomic E-state index is -0.282. The van der Waals surface area contributed by atoms with Crippen LogP contribution >= 0.6 is 0 Å². The number of rotatable bonds is 1. The number of benzene rings is 1. The Morgan fingerprint density at radius 2 is 1.40 bits per heavy atom. The van der Waals surface area contributed by atoms with E-state index < -0.39 is 0 Å². The molecule has 0 unspecified atom stereocenters. The third-order valence-corrected chi connectivity index (χ3v) is 5.95. The Hall–Kier alpha value is -1.58. The highest BCUT2D eigenvalue weighted by Crippen LogP contribution is 2.62. The molecule has 4 aliphatic carbocycles. The molecular formula is C16H22N2O2. The normalized spacial score (nSPS) is 38.3. The van der Waals surface area contributed by atoms with E-state index in [1.807, 2.05) is 0 Å². The van der Waals surface area contributed by atoms with E-state index in [9.17, 15) is 10.2 Å². The van der Waals surface area contributed by atoms with Gasteiger partial charge in [-0.25, -0.2) is 0 Å². The predicted octanol–water partition coefficient (Wildman–Crippen LogP) is 2.73. The molecule has 4 saturated carbocycles. The molecule has 6 N–H and O–H groups in total. The third kappa shape index (κ3) is 1.48. The van der Waals surface area contributed by atoms with E-state index in [1.54, 1.807) is 6.07 Å². The van der Waals surface area contributed by atoms with Gasteiger partial charge in [0.15, 0.2) is 11.5 Å². The average molecular weight is 274 g/mol. The van der Waals surface area contributed by atoms with Gasteiger partial charge >= 0.3 is 0 Å². The summed E-state index contributed by atoms with van der Waals surface area (Å²) in [5.41, 5.74) is 13.6. The monoisotopic (exact) mass is 274 g/mol. The van der Waals surface area contributed by atoms with E-state index in [0.29, 0.717) is 5.69 Å². The largest absolute Gasteiger partial charge is 0.503 e. The molecule has 0 atom stereocenters. The molecule has 0 amide bonds. The maximum absolute atomic E-state index is 10.0. The minimum Gasteiger partial charge on any atom is -0.503 e. The lowest BCUT2D eigenvalue weighted by atomic mass is 9.48. The number of phenols is 2. The second-order valence-electron chi connectivity index (χ2n) is 7.32. The van der Waals surface area contributed by atoms with Crippen LogP contribution in [0.3, 0.4) is 0 Å². The molecule has 4 heteroatoms. The van der Waals surface area contributed by atoms with Crippen LogP contribution in [0.15, 0.2) is 6.07 Å². The summed E-state index contributed by atoms with van der Waals surface area (Å²) in [5, 5.41) is 19.8. The number of nitrogens with two attached hydrogens (primary N) is 2. The van der Waals surface area contributed by atoms with Crippen molar-refractivity contribution in [2.24, 2.45) is 17.8 Å². The van der Waals surface area contributed by atoms with Crippen LogP contribution in [0.2, 0.25) is 0 Å². The minimum absolute atomic E-state index is 0.0815. The zero-order valence-corrected chi connectivity index (χ0v) is 11.6. The Bertz CT molecular complexity index is 547. The molecule has 0 saturated heterocycles. The lowest BCUT2D eigenvalue weighted by molar-refractivity contribution is -0.00489. The molecule has 20 heavy (non-hydrogen) atoms. The molecular weight excluding hydrogens is 252 g/mol. The molecule has 1 aromatic carbocycles. The van der Waals surface area contributed by atoms with Gasteiger partial charge in [0, 0.05) is 0 Å². The number of anilines is 2. The molecule has 0 aliphatic heterocycles. The highest BCUT2D eigenvalue weighted by Gasteiger charge is 2.52. The number of hydrogen-bond acceptors (Lipinski definition) is 4. The molecule has 0 aromatic heterocycles. The number of nitrogen functional groups attached to an aromatic ring is 2. The third-order valence-electron chi connectivity index (χ3n) is 5.95. The topological polar surface area (TPSA) is 92.5 Å². The van der Waals surface area contributed by atoms with E-state index in [1.165, 1.54) is 19.3 Å². The van der Waals surface area contributed by atoms with E-state index >= 15 is 0 Å². The summed E-state index contributed by atoms with van der Waals surface area (Å²) in [5.74, 6) is 1.89. The smallest absolute Gasteiger partial charge is 0.183 e. The van der Waals surface area contributed by atoms with Gasteiger partial charge < -0.3 is 21.7 Å². The fourth-order valence-electron chi connectivity index (χ4n) is 5.57. The van der Waals surface area contributed by atoms with Crippen LogP contribution in [-0.4, -0.2) is 10.2 Å². The van der Waals surface area contributed by atoms with Crippen molar-refractivity contribution in [2.75, 3.05) is 11.5 Å². The summed E-state index contributed by atoms with van der Waals surface area (Å²) in [4.78, 5) is 0. The van der Waals surface area contributed by atoms with Crippen LogP contribution in [0.25, 0.3) is 0 Å². The summed E-state index contributed by atoms with van der Waals surface area (Å²) in [6, 6.07) is 1.80. The molecule has 0 radical (unpaired) electrons. The molecule has 4 nitrogen and oxygen atoms in total. The van der Waals surface area contributed by atoms with Gasteiger partial charge in [-0.05, 0) is 73.3 Å². The molecule has 4 aliphatic rings. The molecule has 4 bridgehead atoms. The molecule has 0 heterocycles. The predicted molar refractivity (Wildman–Crippen MR) is 78.4 cm³/mol. The Kier molecular flexibility index (Phi) is 2.28. The van der Waals surface area contributed by atoms with Crippen LogP contribution in [-0.2, 0) is 5.41 Å². The summed E-state index contributed by atoms with van der Waals surface area (Å²) in [7, 11) is 0. The van der Waals surface area contributed by atoms with Gasteiger partial charge in [-0.15, -0.1) is 0 Å². The van der Waals surface area contributed by atoms with Crippen LogP contribution in [0, 0.1) is 17.8 Å². The first-order valence-electron chi connectivity index (χ1n) is 7.59. The van der Waals surface area contributed by atoms with Crippen molar-refractivity contribution in [2.45, 2.75) is 43.9 Å². The second-order valence-corrected chi connectivity index (χ2v) is 7.32. The number of aromatic hydroxyl groups is 2. The van der Waals surface area contributed by atoms with E-state index in [4.69, 9.17) is 11.5 Å². The lowest BCUT2D eigenvalue weighted by Crippen LogP contribution is -2.48. The fourth-order valence-corrected chi connectivity index (χ4v) is 5.57. The zero-order chi connectivity index (χ0) is 14.1. The summed E-state index contributed by atoms with van der Waals surface area (Å²) in [6.07, 6.45) is 7.56. The highest BCUT2D eigenvalue weighted by molar-refractivity contribution is 5.74. The summed E-state index contributed by atoms with van der Waals surface area (Å²) in [6.45, 7) is 0. The lowest BCUT2D eigenvalue weighted by Gasteiger charge is -2.57. The second kappa shape index (κ2) is 3.74. The Morgan fingerprint density at radius 3 is 1.90 bits per heavy atom. The van der Waals surface area contributed by atoms with Gasteiger partial charge in [0.2, 0.25) is 0 Å². The Morgan fingerprint density at radius 1 is 0.900 bits per heavy atom. The Labute approximate surface area is 118 Å². The van der Waals surface area contributed by atoms with E-state index in [-0.39, 0.29) is 22.6 Å². The van der Waals surface area contributed by atoms with E-state index in [2.05, 4.69) is 0 Å². The quantitative estimate of drug-likeness (QED) is 0.468. The van der Waals surface area contributed by atoms with Gasteiger partial charge in [0.05, 0.1) is 11.4 Å². The van der Waals surface area contributed by atoms with Crippen molar-refractivity contribution in [1.82, 2.24) is 0 Å². The van der Waals surface area contributed by atoms with Crippen LogP contribution in [0.4, 0.5) is 11.4 Å². The van der Waals surface area contributed by atoms with Crippen LogP contribution < -0.4 is 11.5 Å². The van der Waals surface area contributed by atoms with Gasteiger partial charge in [0.1, 0.15) is 0 Å². The fraction of sp³-hybridized carbons (Fsp3) is 0.625. The average Bonchev–Trinajstić information content (AvgIpc) is 2.39. The molecule has 0 spiro atoms. The van der Waals surface area contributed by atoms with E-state index in [0.717, 1.165) is 42.6 Å². The van der Waals surface area contributed by atoms with Gasteiger partial charge in [0.25, 0.3) is 0 Å². The SMILES string of the molecule is Nc1cc(C23CC4CC(CC(C4)C2)C3)c(N)c(O)c1O. The maximum Gasteiger partial charge on any atom is 0.183 e. The van der Waals surface area contributed by atoms with Crippen molar-refractivity contribution in [3.63, 3.8) is 0 Å². The highest BCUT2D eigenvalue weighted by atomic mass is 16.3. The van der Waals surface area contributed by atoms with Gasteiger partial charge in [-0.1, -0.05) is 0 Å². The van der Waals surface area contributed by atoms with Crippen LogP contribution in [0.1, 0.15) is 44.1 Å². The van der Waals surface area contributed by atoms with Crippen molar-refractivity contribution >= 4 is 11.4 Å². The van der Waals surface area contributed by atoms with Crippen LogP contribution in [0.5, 0.6) is 11.5 Å². The first-order valence-corrected chi connectivity index (χ1v) is 7.59. The summed E-state index contributed by atoms with van der Waals surface area (Å²) < 4.78 is 0. The summed E-state index contributed by atoms with van der Waals surface area (Å²) >= 11 is 0. The van der Waals surface area contributed by atoms with Crippen molar-refractivity contribution < 1.29 is 10.2 Å². The standard InChI is InChI=1S/C16H22N2O2/c17-12-4-11(13(18)15(20)14(12)19)16-5-8-1-9(6-16)3-10(2-8)7-16/h4,8-10,19-20H,1-3,5-7,17-18H2. The maximum atomic E-state index is 10.0. The van der Waals surface area contributed by atoms with Gasteiger partial charge in [-0.3, -0.25) is 0 Å². The van der Waals surface area contributed by atoms with Gasteiger partial charge in [-0.2, -0.15) is 0 Å². The Balaban J connectivity index is 1.85. The first-order chi connectivity index (χ1) is 9.48. The van der Waals surface area contributed by atoms with Crippen molar-refractivity contribution in [3.8, 4) is 11.5 Å². The number of hydrogen-bond donors (Lipinski definition) is 4. The number of phenolic OH excluding ortho intramolecular Hbond substituents is 2. The van der Waals surface area contributed by atoms with Crippen molar-refractivity contribution in [1.29, 1.82) is 0 Å². The molecule has 1 aromatic rings. The molecule has 5 rings (SSSR count). The molecule has 4 fully saturated rings. The zero-order valence-electron chi connectivity index (χ0n) is 11.6. The molecule has 108 valence electrons. The van der Waals surface area contributed by atoms with Crippen molar-refractivity contribution in [3.05, 3.63) is 11.6 Å². The first kappa shape index (κ1) is 12.2.